The average molecular weight is 388 g/mol. The van der Waals surface area contributed by atoms with Crippen molar-refractivity contribution in [2.24, 2.45) is 0 Å². The predicted molar refractivity (Wildman–Crippen MR) is 110 cm³/mol. The van der Waals surface area contributed by atoms with E-state index in [1.807, 2.05) is 11.8 Å². The molecule has 138 valence electrons. The lowest BCUT2D eigenvalue weighted by Gasteiger charge is -2.30. The Hall–Kier alpha value is -1.24. The summed E-state index contributed by atoms with van der Waals surface area (Å²) in [6.07, 6.45) is 7.69. The van der Waals surface area contributed by atoms with Gasteiger partial charge in [-0.15, -0.1) is 23.1 Å². The number of ether oxygens (including phenoxy) is 1. The second-order valence-electron chi connectivity index (χ2n) is 7.54. The molecule has 4 heterocycles. The lowest BCUT2D eigenvalue weighted by molar-refractivity contribution is -0.0411. The van der Waals surface area contributed by atoms with Crippen LogP contribution in [0, 0.1) is 0 Å². The Bertz CT molecular complexity index is 936. The Balaban J connectivity index is 1.67. The van der Waals surface area contributed by atoms with E-state index in [0.717, 1.165) is 32.9 Å². The first-order valence-corrected chi connectivity index (χ1v) is 11.2. The lowest BCUT2D eigenvalue weighted by Crippen LogP contribution is -2.32. The predicted octanol–water partition coefficient (Wildman–Crippen LogP) is 5.76. The molecule has 0 radical (unpaired) electrons. The molecule has 3 aromatic rings. The van der Waals surface area contributed by atoms with Gasteiger partial charge in [0.1, 0.15) is 16.2 Å². The van der Waals surface area contributed by atoms with Crippen LogP contribution in [0.15, 0.2) is 17.4 Å². The molecular formula is C20H25N3OS2. The second-order valence-corrected chi connectivity index (χ2v) is 9.62. The Labute approximate surface area is 162 Å². The van der Waals surface area contributed by atoms with Crippen LogP contribution in [0.25, 0.3) is 20.4 Å². The molecular weight excluding hydrogens is 362 g/mol. The minimum absolute atomic E-state index is 0.135. The molecule has 0 aromatic carbocycles. The van der Waals surface area contributed by atoms with Gasteiger partial charge >= 0.3 is 0 Å². The molecule has 0 fully saturated rings. The molecule has 4 nitrogen and oxygen atoms in total. The summed E-state index contributed by atoms with van der Waals surface area (Å²) in [7, 11) is 0. The fourth-order valence-electron chi connectivity index (χ4n) is 3.37. The Morgan fingerprint density at radius 2 is 2.12 bits per heavy atom. The monoisotopic (exact) mass is 387 g/mol. The number of unbranched alkanes of at least 4 members (excludes halogenated alkanes) is 3. The molecule has 0 N–H and O–H groups in total. The van der Waals surface area contributed by atoms with Crippen LogP contribution in [-0.2, 0) is 17.8 Å². The van der Waals surface area contributed by atoms with Crippen molar-refractivity contribution in [2.45, 2.75) is 70.1 Å². The molecule has 0 unspecified atom stereocenters. The highest BCUT2D eigenvalue weighted by Gasteiger charge is 2.28. The smallest absolute Gasteiger partial charge is 0.126 e. The Morgan fingerprint density at radius 1 is 1.23 bits per heavy atom. The topological polar surface area (TPSA) is 47.9 Å². The number of pyridine rings is 1. The zero-order chi connectivity index (χ0) is 18.1. The van der Waals surface area contributed by atoms with Crippen LogP contribution in [0.2, 0.25) is 0 Å². The standard InChI is InChI=1S/C20H25N3OS2/c1-4-5-6-7-8-25-19-17-16(21-12-22-19)14-9-13-11-24-20(2,3)10-15(13)23-18(14)26-17/h9,12H,4-8,10-11H2,1-3H3. The zero-order valence-corrected chi connectivity index (χ0v) is 17.3. The van der Waals surface area contributed by atoms with Crippen molar-refractivity contribution in [3.63, 3.8) is 0 Å². The summed E-state index contributed by atoms with van der Waals surface area (Å²) >= 11 is 3.59. The molecule has 0 atom stereocenters. The molecule has 0 amide bonds. The van der Waals surface area contributed by atoms with E-state index >= 15 is 0 Å². The van der Waals surface area contributed by atoms with Crippen LogP contribution in [-0.4, -0.2) is 26.3 Å². The molecule has 6 heteroatoms. The number of rotatable bonds is 6. The summed E-state index contributed by atoms with van der Waals surface area (Å²) in [4.78, 5) is 15.2. The van der Waals surface area contributed by atoms with Gasteiger partial charge in [0, 0.05) is 17.4 Å². The van der Waals surface area contributed by atoms with E-state index in [2.05, 4.69) is 36.8 Å². The number of nitrogens with zero attached hydrogens (tertiary/aromatic N) is 3. The maximum Gasteiger partial charge on any atom is 0.126 e. The van der Waals surface area contributed by atoms with Crippen LogP contribution in [0.1, 0.15) is 57.7 Å². The Morgan fingerprint density at radius 3 is 2.96 bits per heavy atom. The molecule has 1 aliphatic rings. The number of hydrogen-bond donors (Lipinski definition) is 0. The number of fused-ring (bicyclic) bond motifs is 4. The number of thioether (sulfide) groups is 1. The van der Waals surface area contributed by atoms with E-state index in [-0.39, 0.29) is 5.60 Å². The van der Waals surface area contributed by atoms with Gasteiger partial charge in [-0.1, -0.05) is 26.2 Å². The first-order chi connectivity index (χ1) is 12.6. The third kappa shape index (κ3) is 3.59. The van der Waals surface area contributed by atoms with Gasteiger partial charge in [-0.3, -0.25) is 0 Å². The van der Waals surface area contributed by atoms with Crippen LogP contribution < -0.4 is 0 Å². The van der Waals surface area contributed by atoms with Crippen molar-refractivity contribution < 1.29 is 4.74 Å². The first kappa shape index (κ1) is 18.1. The molecule has 1 aliphatic heterocycles. The van der Waals surface area contributed by atoms with Gasteiger partial charge in [-0.25, -0.2) is 15.0 Å². The van der Waals surface area contributed by atoms with Crippen molar-refractivity contribution in [1.29, 1.82) is 0 Å². The van der Waals surface area contributed by atoms with E-state index in [0.29, 0.717) is 6.61 Å². The maximum absolute atomic E-state index is 5.96. The summed E-state index contributed by atoms with van der Waals surface area (Å²) in [5.74, 6) is 1.12. The fraction of sp³-hybridized carbons (Fsp3) is 0.550. The summed E-state index contributed by atoms with van der Waals surface area (Å²) in [5, 5.41) is 2.24. The van der Waals surface area contributed by atoms with Crippen molar-refractivity contribution in [1.82, 2.24) is 15.0 Å². The average Bonchev–Trinajstić information content (AvgIpc) is 2.97. The second kappa shape index (κ2) is 7.41. The van der Waals surface area contributed by atoms with Gasteiger partial charge < -0.3 is 4.74 Å². The van der Waals surface area contributed by atoms with Gasteiger partial charge in [0.05, 0.1) is 28.1 Å². The molecule has 0 spiro atoms. The Kier molecular flexibility index (Phi) is 5.17. The van der Waals surface area contributed by atoms with Gasteiger partial charge in [0.15, 0.2) is 0 Å². The van der Waals surface area contributed by atoms with Crippen LogP contribution in [0.3, 0.4) is 0 Å². The number of hydrogen-bond acceptors (Lipinski definition) is 6. The molecule has 0 saturated carbocycles. The highest BCUT2D eigenvalue weighted by molar-refractivity contribution is 7.99. The van der Waals surface area contributed by atoms with Gasteiger partial charge in [0.25, 0.3) is 0 Å². The van der Waals surface area contributed by atoms with E-state index in [4.69, 9.17) is 9.72 Å². The van der Waals surface area contributed by atoms with Crippen LogP contribution in [0.5, 0.6) is 0 Å². The molecule has 4 rings (SSSR count). The SMILES string of the molecule is CCCCCCSc1ncnc2c1sc1nc3c(cc12)COC(C)(C)C3. The van der Waals surface area contributed by atoms with E-state index in [1.54, 1.807) is 17.7 Å². The largest absolute Gasteiger partial charge is 0.370 e. The minimum Gasteiger partial charge on any atom is -0.370 e. The molecule has 0 aliphatic carbocycles. The van der Waals surface area contributed by atoms with Crippen molar-refractivity contribution in [3.8, 4) is 0 Å². The van der Waals surface area contributed by atoms with Gasteiger partial charge in [0.2, 0.25) is 0 Å². The third-order valence-corrected chi connectivity index (χ3v) is 7.13. The summed E-state index contributed by atoms with van der Waals surface area (Å²) in [5.41, 5.74) is 3.27. The van der Waals surface area contributed by atoms with E-state index < -0.39 is 0 Å². The summed E-state index contributed by atoms with van der Waals surface area (Å²) in [6.45, 7) is 7.14. The van der Waals surface area contributed by atoms with E-state index in [1.165, 1.54) is 41.6 Å². The van der Waals surface area contributed by atoms with Crippen molar-refractivity contribution in [3.05, 3.63) is 23.7 Å². The summed E-state index contributed by atoms with van der Waals surface area (Å²) in [6, 6.07) is 2.23. The highest BCUT2D eigenvalue weighted by atomic mass is 32.2. The molecule has 26 heavy (non-hydrogen) atoms. The normalized spacial score (nSPS) is 16.3. The molecule has 0 saturated heterocycles. The van der Waals surface area contributed by atoms with Crippen LogP contribution >= 0.6 is 23.1 Å². The molecule has 3 aromatic heterocycles. The van der Waals surface area contributed by atoms with Crippen molar-refractivity contribution in [2.75, 3.05) is 5.75 Å². The number of thiophene rings is 1. The highest BCUT2D eigenvalue weighted by Crippen LogP contribution is 2.39. The maximum atomic E-state index is 5.96. The van der Waals surface area contributed by atoms with Crippen molar-refractivity contribution >= 4 is 43.5 Å². The first-order valence-electron chi connectivity index (χ1n) is 9.40. The lowest BCUT2D eigenvalue weighted by atomic mass is 9.95. The van der Waals surface area contributed by atoms with Crippen LogP contribution in [0.4, 0.5) is 0 Å². The summed E-state index contributed by atoms with van der Waals surface area (Å²) < 4.78 is 7.14. The molecule has 0 bridgehead atoms. The zero-order valence-electron chi connectivity index (χ0n) is 15.7. The fourth-order valence-corrected chi connectivity index (χ4v) is 5.57. The third-order valence-electron chi connectivity index (χ3n) is 4.83. The number of aromatic nitrogens is 3. The van der Waals surface area contributed by atoms with E-state index in [9.17, 15) is 0 Å². The van der Waals surface area contributed by atoms with Gasteiger partial charge in [-0.05, 0) is 32.1 Å². The minimum atomic E-state index is -0.135. The quantitative estimate of drug-likeness (QED) is 0.305. The van der Waals surface area contributed by atoms with Gasteiger partial charge in [-0.2, -0.15) is 0 Å².